The Balaban J connectivity index is 1.79. The summed E-state index contributed by atoms with van der Waals surface area (Å²) in [5, 5.41) is 13.0. The van der Waals surface area contributed by atoms with Crippen LogP contribution in [0.15, 0.2) is 0 Å². The smallest absolute Gasteiger partial charge is 0.258 e. The molecule has 0 spiro atoms. The highest BCUT2D eigenvalue weighted by molar-refractivity contribution is 7.11. The van der Waals surface area contributed by atoms with Crippen LogP contribution in [0.3, 0.4) is 0 Å². The van der Waals surface area contributed by atoms with E-state index in [2.05, 4.69) is 14.6 Å². The molecule has 1 saturated heterocycles. The van der Waals surface area contributed by atoms with Gasteiger partial charge >= 0.3 is 0 Å². The number of aliphatic hydroxyl groups excluding tert-OH is 1. The number of aliphatic hydroxyl groups is 1. The second-order valence-corrected chi connectivity index (χ2v) is 6.03. The van der Waals surface area contributed by atoms with E-state index in [1.807, 2.05) is 0 Å². The van der Waals surface area contributed by atoms with Gasteiger partial charge in [0.1, 0.15) is 10.6 Å². The van der Waals surface area contributed by atoms with Crippen LogP contribution in [0.4, 0.5) is 10.8 Å². The van der Waals surface area contributed by atoms with Gasteiger partial charge in [0, 0.05) is 31.7 Å². The van der Waals surface area contributed by atoms with E-state index in [-0.39, 0.29) is 18.4 Å². The maximum Gasteiger partial charge on any atom is 0.258 e. The van der Waals surface area contributed by atoms with Gasteiger partial charge in [-0.25, -0.2) is 0 Å². The van der Waals surface area contributed by atoms with Crippen LogP contribution in [-0.4, -0.2) is 41.1 Å². The number of carbonyl (C=O) groups is 1. The van der Waals surface area contributed by atoms with Crippen molar-refractivity contribution >= 4 is 28.3 Å². The van der Waals surface area contributed by atoms with Gasteiger partial charge in [-0.2, -0.15) is 4.37 Å². The third-order valence-corrected chi connectivity index (χ3v) is 4.59. The minimum absolute atomic E-state index is 0.115. The Morgan fingerprint density at radius 1 is 1.53 bits per heavy atom. The molecule has 2 aliphatic rings. The lowest BCUT2D eigenvalue weighted by Crippen LogP contribution is -2.29. The summed E-state index contributed by atoms with van der Waals surface area (Å²) >= 11 is 1.27. The number of carbonyl (C=O) groups excluding carboxylic acids is 1. The summed E-state index contributed by atoms with van der Waals surface area (Å²) in [6, 6.07) is 0.309. The molecule has 1 atom stereocenters. The Kier molecular flexibility index (Phi) is 3.32. The zero-order valence-corrected chi connectivity index (χ0v) is 11.4. The lowest BCUT2D eigenvalue weighted by molar-refractivity contribution is 0.0952. The van der Waals surface area contributed by atoms with Crippen molar-refractivity contribution in [2.24, 2.45) is 5.92 Å². The predicted octanol–water partition coefficient (Wildman–Crippen LogP) is 0.436. The molecule has 0 radical (unpaired) electrons. The molecule has 1 amide bonds. The van der Waals surface area contributed by atoms with Crippen LogP contribution < -0.4 is 16.0 Å². The highest BCUT2D eigenvalue weighted by Crippen LogP contribution is 2.34. The number of nitrogens with two attached hydrogens (primary N) is 1. The number of aromatic nitrogens is 1. The Hall–Kier alpha value is -1.34. The normalized spacial score (nSPS) is 22.8. The number of rotatable bonds is 4. The topological polar surface area (TPSA) is 91.5 Å². The van der Waals surface area contributed by atoms with Crippen molar-refractivity contribution in [3.63, 3.8) is 0 Å². The summed E-state index contributed by atoms with van der Waals surface area (Å²) in [5.41, 5.74) is 6.35. The number of hydrogen-bond acceptors (Lipinski definition) is 6. The Labute approximate surface area is 115 Å². The molecule has 19 heavy (non-hydrogen) atoms. The predicted molar refractivity (Wildman–Crippen MR) is 74.4 cm³/mol. The zero-order chi connectivity index (χ0) is 13.4. The molecule has 1 aliphatic heterocycles. The van der Waals surface area contributed by atoms with E-state index >= 15 is 0 Å². The zero-order valence-electron chi connectivity index (χ0n) is 10.6. The highest BCUT2D eigenvalue weighted by atomic mass is 32.1. The number of amides is 1. The fourth-order valence-corrected chi connectivity index (χ4v) is 3.22. The van der Waals surface area contributed by atoms with Crippen molar-refractivity contribution in [2.75, 3.05) is 30.3 Å². The molecule has 4 N–H and O–H groups in total. The van der Waals surface area contributed by atoms with Crippen LogP contribution >= 0.6 is 11.5 Å². The fourth-order valence-electron chi connectivity index (χ4n) is 2.37. The Morgan fingerprint density at radius 2 is 2.32 bits per heavy atom. The minimum Gasteiger partial charge on any atom is -0.396 e. The van der Waals surface area contributed by atoms with Crippen molar-refractivity contribution in [3.05, 3.63) is 5.56 Å². The molecule has 1 saturated carbocycles. The van der Waals surface area contributed by atoms with Crippen LogP contribution in [0.5, 0.6) is 0 Å². The molecule has 2 heterocycles. The average molecular weight is 282 g/mol. The summed E-state index contributed by atoms with van der Waals surface area (Å²) in [5.74, 6) is 0.476. The van der Waals surface area contributed by atoms with Crippen molar-refractivity contribution in [1.29, 1.82) is 0 Å². The van der Waals surface area contributed by atoms with Gasteiger partial charge in [-0.05, 0) is 30.8 Å². The summed E-state index contributed by atoms with van der Waals surface area (Å²) < 4.78 is 4.12. The molecule has 0 bridgehead atoms. The van der Waals surface area contributed by atoms with Gasteiger partial charge in [0.05, 0.1) is 0 Å². The largest absolute Gasteiger partial charge is 0.396 e. The van der Waals surface area contributed by atoms with Gasteiger partial charge in [0.25, 0.3) is 5.91 Å². The van der Waals surface area contributed by atoms with Crippen LogP contribution in [-0.2, 0) is 0 Å². The molecule has 1 aromatic rings. The summed E-state index contributed by atoms with van der Waals surface area (Å²) in [6.45, 7) is 1.80. The van der Waals surface area contributed by atoms with E-state index in [9.17, 15) is 9.90 Å². The first-order valence-electron chi connectivity index (χ1n) is 6.61. The van der Waals surface area contributed by atoms with Crippen LogP contribution in [0, 0.1) is 5.92 Å². The van der Waals surface area contributed by atoms with Gasteiger partial charge in [-0.1, -0.05) is 0 Å². The van der Waals surface area contributed by atoms with E-state index in [1.54, 1.807) is 0 Å². The monoisotopic (exact) mass is 282 g/mol. The first-order chi connectivity index (χ1) is 9.19. The second-order valence-electron chi connectivity index (χ2n) is 5.28. The fraction of sp³-hybridized carbons (Fsp3) is 0.667. The summed E-state index contributed by atoms with van der Waals surface area (Å²) in [7, 11) is 0. The molecule has 0 aromatic carbocycles. The minimum atomic E-state index is -0.115. The molecular formula is C12H18N4O2S. The quantitative estimate of drug-likeness (QED) is 0.745. The lowest BCUT2D eigenvalue weighted by Gasteiger charge is -2.17. The molecular weight excluding hydrogens is 264 g/mol. The molecule has 7 heteroatoms. The number of nitrogen functional groups attached to an aromatic ring is 1. The van der Waals surface area contributed by atoms with E-state index in [4.69, 9.17) is 5.73 Å². The number of nitrogens with one attached hydrogen (secondary N) is 1. The standard InChI is InChI=1S/C12H18N4O2S/c13-10-9(11(18)14-8-1-2-8)12(19-15-10)16-4-3-7(5-16)6-17/h7-8,17H,1-6H2,(H2,13,15)(H,14,18). The van der Waals surface area contributed by atoms with Gasteiger partial charge in [0.15, 0.2) is 5.82 Å². The number of nitrogens with zero attached hydrogens (tertiary/aromatic N) is 2. The number of hydrogen-bond donors (Lipinski definition) is 3. The van der Waals surface area contributed by atoms with E-state index < -0.39 is 0 Å². The molecule has 6 nitrogen and oxygen atoms in total. The second kappa shape index (κ2) is 4.97. The van der Waals surface area contributed by atoms with E-state index in [0.29, 0.717) is 17.4 Å². The number of anilines is 2. The molecule has 1 aromatic heterocycles. The highest BCUT2D eigenvalue weighted by Gasteiger charge is 2.31. The van der Waals surface area contributed by atoms with E-state index in [0.717, 1.165) is 37.4 Å². The summed E-state index contributed by atoms with van der Waals surface area (Å²) in [6.07, 6.45) is 3.04. The molecule has 104 valence electrons. The molecule has 2 fully saturated rings. The van der Waals surface area contributed by atoms with Crippen molar-refractivity contribution in [3.8, 4) is 0 Å². The SMILES string of the molecule is Nc1nsc(N2CCC(CO)C2)c1C(=O)NC1CC1. The first-order valence-corrected chi connectivity index (χ1v) is 7.38. The molecule has 1 unspecified atom stereocenters. The summed E-state index contributed by atoms with van der Waals surface area (Å²) in [4.78, 5) is 14.3. The Bertz CT molecular complexity index is 486. The third kappa shape index (κ3) is 2.52. The maximum atomic E-state index is 12.2. The van der Waals surface area contributed by atoms with Crippen molar-refractivity contribution < 1.29 is 9.90 Å². The average Bonchev–Trinajstić information content (AvgIpc) is 2.93. The van der Waals surface area contributed by atoms with Crippen LogP contribution in [0.25, 0.3) is 0 Å². The Morgan fingerprint density at radius 3 is 2.95 bits per heavy atom. The van der Waals surface area contributed by atoms with Crippen molar-refractivity contribution in [1.82, 2.24) is 9.69 Å². The third-order valence-electron chi connectivity index (χ3n) is 3.67. The van der Waals surface area contributed by atoms with Gasteiger partial charge in [-0.3, -0.25) is 4.79 Å². The van der Waals surface area contributed by atoms with Crippen molar-refractivity contribution in [2.45, 2.75) is 25.3 Å². The lowest BCUT2D eigenvalue weighted by atomic mass is 10.1. The molecule has 3 rings (SSSR count). The molecule has 1 aliphatic carbocycles. The van der Waals surface area contributed by atoms with Crippen LogP contribution in [0.2, 0.25) is 0 Å². The van der Waals surface area contributed by atoms with E-state index in [1.165, 1.54) is 11.5 Å². The van der Waals surface area contributed by atoms with Crippen LogP contribution in [0.1, 0.15) is 29.6 Å². The van der Waals surface area contributed by atoms with Gasteiger partial charge in [0.2, 0.25) is 0 Å². The van der Waals surface area contributed by atoms with Gasteiger partial charge < -0.3 is 21.1 Å². The van der Waals surface area contributed by atoms with Gasteiger partial charge in [-0.15, -0.1) is 0 Å². The first kappa shape index (κ1) is 12.7. The maximum absolute atomic E-state index is 12.2.